The van der Waals surface area contributed by atoms with Gasteiger partial charge in [0, 0.05) is 0 Å². The molecule has 0 saturated carbocycles. The van der Waals surface area contributed by atoms with Gasteiger partial charge in [-0.2, -0.15) is 0 Å². The van der Waals surface area contributed by atoms with Crippen molar-refractivity contribution in [3.05, 3.63) is 59.2 Å². The first-order valence-electron chi connectivity index (χ1n) is 5.41. The van der Waals surface area contributed by atoms with Gasteiger partial charge in [0.05, 0.1) is 0 Å². The molecule has 0 heterocycles. The van der Waals surface area contributed by atoms with E-state index < -0.39 is 24.5 Å². The van der Waals surface area contributed by atoms with Gasteiger partial charge in [0.2, 0.25) is 0 Å². The first-order valence-corrected chi connectivity index (χ1v) is 7.26. The summed E-state index contributed by atoms with van der Waals surface area (Å²) >= 11 is -2.77. The zero-order chi connectivity index (χ0) is 12.3. The molecule has 0 radical (unpaired) electrons. The van der Waals surface area contributed by atoms with E-state index in [-0.39, 0.29) is 0 Å². The Labute approximate surface area is 113 Å². The molecule has 17 heavy (non-hydrogen) atoms. The van der Waals surface area contributed by atoms with Crippen LogP contribution < -0.4 is 0 Å². The van der Waals surface area contributed by atoms with Crippen LogP contribution in [0.1, 0.15) is 16.7 Å². The molecule has 0 N–H and O–H groups in total. The summed E-state index contributed by atoms with van der Waals surface area (Å²) in [6.07, 6.45) is 1.11. The SMILES string of the molecule is Cc1cccc2c1Cc1ccccc1-2.[F][Zr][F]. The van der Waals surface area contributed by atoms with Gasteiger partial charge >= 0.3 is 29.7 Å². The third-order valence-electron chi connectivity index (χ3n) is 3.09. The molecule has 0 aromatic heterocycles. The number of rotatable bonds is 0. The Morgan fingerprint density at radius 2 is 1.59 bits per heavy atom. The van der Waals surface area contributed by atoms with E-state index in [0.29, 0.717) is 0 Å². The molecule has 0 saturated heterocycles. The number of hydrogen-bond acceptors (Lipinski definition) is 0. The molecule has 0 aliphatic heterocycles. The minimum absolute atomic E-state index is 1.11. The van der Waals surface area contributed by atoms with Gasteiger partial charge in [-0.15, -0.1) is 0 Å². The van der Waals surface area contributed by atoms with Crippen LogP contribution in [0, 0.1) is 6.92 Å². The molecular weight excluding hydrogens is 297 g/mol. The third-order valence-corrected chi connectivity index (χ3v) is 3.09. The third kappa shape index (κ3) is 2.55. The van der Waals surface area contributed by atoms with Crippen LogP contribution in [0.4, 0.5) is 5.25 Å². The van der Waals surface area contributed by atoms with Crippen LogP contribution >= 0.6 is 0 Å². The average molecular weight is 309 g/mol. The van der Waals surface area contributed by atoms with Crippen molar-refractivity contribution >= 4 is 0 Å². The van der Waals surface area contributed by atoms with Crippen LogP contribution in [-0.2, 0) is 30.9 Å². The van der Waals surface area contributed by atoms with Crippen molar-refractivity contribution in [3.63, 3.8) is 0 Å². The molecule has 86 valence electrons. The number of aryl methyl sites for hydroxylation is 1. The fourth-order valence-corrected chi connectivity index (χ4v) is 2.32. The second kappa shape index (κ2) is 5.68. The Kier molecular flexibility index (Phi) is 4.22. The molecule has 0 amide bonds. The van der Waals surface area contributed by atoms with Crippen LogP contribution in [0.15, 0.2) is 42.5 Å². The van der Waals surface area contributed by atoms with E-state index in [1.54, 1.807) is 0 Å². The molecule has 1 aliphatic carbocycles. The topological polar surface area (TPSA) is 0 Å². The van der Waals surface area contributed by atoms with Gasteiger partial charge in [0.25, 0.3) is 0 Å². The van der Waals surface area contributed by atoms with Crippen molar-refractivity contribution < 1.29 is 29.7 Å². The van der Waals surface area contributed by atoms with Gasteiger partial charge in [-0.25, -0.2) is 0 Å². The van der Waals surface area contributed by atoms with Gasteiger partial charge in [0.1, 0.15) is 0 Å². The predicted octanol–water partition coefficient (Wildman–Crippen LogP) is 4.40. The molecule has 0 spiro atoms. The summed E-state index contributed by atoms with van der Waals surface area (Å²) in [4.78, 5) is 0. The van der Waals surface area contributed by atoms with Crippen LogP contribution in [0.2, 0.25) is 0 Å². The van der Waals surface area contributed by atoms with Gasteiger partial charge < -0.3 is 0 Å². The summed E-state index contributed by atoms with van der Waals surface area (Å²) < 4.78 is 19.6. The van der Waals surface area contributed by atoms with Crippen LogP contribution in [0.5, 0.6) is 0 Å². The summed E-state index contributed by atoms with van der Waals surface area (Å²) in [6, 6.07) is 15.3. The molecule has 1 aliphatic rings. The number of benzene rings is 2. The molecule has 0 unspecified atom stereocenters. The van der Waals surface area contributed by atoms with Crippen molar-refractivity contribution in [2.24, 2.45) is 0 Å². The van der Waals surface area contributed by atoms with Gasteiger partial charge in [-0.05, 0) is 41.2 Å². The van der Waals surface area contributed by atoms with E-state index in [0.717, 1.165) is 6.42 Å². The molecule has 0 bridgehead atoms. The van der Waals surface area contributed by atoms with E-state index in [4.69, 9.17) is 0 Å². The molecule has 2 aromatic carbocycles. The van der Waals surface area contributed by atoms with E-state index in [2.05, 4.69) is 49.4 Å². The van der Waals surface area contributed by atoms with Crippen LogP contribution in [-0.4, -0.2) is 0 Å². The Hall–Kier alpha value is -0.817. The zero-order valence-electron chi connectivity index (χ0n) is 9.50. The van der Waals surface area contributed by atoms with E-state index in [1.165, 1.54) is 27.8 Å². The van der Waals surface area contributed by atoms with Crippen molar-refractivity contribution in [2.75, 3.05) is 0 Å². The number of hydrogen-bond donors (Lipinski definition) is 0. The van der Waals surface area contributed by atoms with Crippen LogP contribution in [0.25, 0.3) is 11.1 Å². The Morgan fingerprint density at radius 3 is 2.35 bits per heavy atom. The molecule has 2 aromatic rings. The van der Waals surface area contributed by atoms with Gasteiger partial charge in [-0.1, -0.05) is 42.5 Å². The van der Waals surface area contributed by atoms with Gasteiger partial charge in [0.15, 0.2) is 0 Å². The molecule has 3 heteroatoms. The number of fused-ring (bicyclic) bond motifs is 3. The second-order valence-electron chi connectivity index (χ2n) is 4.01. The van der Waals surface area contributed by atoms with Crippen molar-refractivity contribution in [2.45, 2.75) is 13.3 Å². The van der Waals surface area contributed by atoms with Crippen molar-refractivity contribution in [1.29, 1.82) is 0 Å². The quantitative estimate of drug-likeness (QED) is 0.577. The summed E-state index contributed by atoms with van der Waals surface area (Å²) in [6.45, 7) is 2.20. The van der Waals surface area contributed by atoms with E-state index >= 15 is 0 Å². The maximum absolute atomic E-state index is 9.80. The predicted molar refractivity (Wildman–Crippen MR) is 61.6 cm³/mol. The standard InChI is InChI=1S/C14H12.2FH.Zr/c1-10-5-4-8-13-12-7-3-2-6-11(12)9-14(10)13;;;/h2-8H,9H2,1H3;2*1H;/q;;;+2/p-2. The first kappa shape index (κ1) is 12.6. The molecule has 0 fully saturated rings. The summed E-state index contributed by atoms with van der Waals surface area (Å²) in [5, 5.41) is 0. The Balaban J connectivity index is 0.000000329. The Morgan fingerprint density at radius 1 is 0.941 bits per heavy atom. The fourth-order valence-electron chi connectivity index (χ4n) is 2.32. The summed E-state index contributed by atoms with van der Waals surface area (Å²) in [5.74, 6) is 0. The van der Waals surface area contributed by atoms with Crippen molar-refractivity contribution in [1.82, 2.24) is 0 Å². The maximum atomic E-state index is 9.80. The molecule has 0 nitrogen and oxygen atoms in total. The fraction of sp³-hybridized carbons (Fsp3) is 0.143. The number of halogens is 2. The molecule has 3 rings (SSSR count). The summed E-state index contributed by atoms with van der Waals surface area (Å²) in [7, 11) is 0. The average Bonchev–Trinajstić information content (AvgIpc) is 2.71. The monoisotopic (exact) mass is 308 g/mol. The van der Waals surface area contributed by atoms with E-state index in [9.17, 15) is 5.25 Å². The minimum atomic E-state index is -2.77. The normalized spacial score (nSPS) is 11.0. The first-order chi connectivity index (χ1) is 8.27. The molecular formula is C14H12F2Zr. The molecule has 0 atom stereocenters. The zero-order valence-corrected chi connectivity index (χ0v) is 12.0. The van der Waals surface area contributed by atoms with Crippen molar-refractivity contribution in [3.8, 4) is 11.1 Å². The summed E-state index contributed by atoms with van der Waals surface area (Å²) in [5.41, 5.74) is 7.25. The van der Waals surface area contributed by atoms with E-state index in [1.807, 2.05) is 0 Å². The van der Waals surface area contributed by atoms with Gasteiger partial charge in [-0.3, -0.25) is 0 Å². The van der Waals surface area contributed by atoms with Crippen LogP contribution in [0.3, 0.4) is 0 Å². The second-order valence-corrected chi connectivity index (χ2v) is 4.36. The Bertz CT molecular complexity index is 523.